The number of hydrogen-bond donors (Lipinski definition) is 0. The van der Waals surface area contributed by atoms with E-state index in [0.29, 0.717) is 12.5 Å². The molecule has 158 valence electrons. The molecule has 30 heavy (non-hydrogen) atoms. The quantitative estimate of drug-likeness (QED) is 0.727. The third kappa shape index (κ3) is 4.15. The van der Waals surface area contributed by atoms with Crippen molar-refractivity contribution in [3.63, 3.8) is 0 Å². The molecule has 0 radical (unpaired) electrons. The minimum absolute atomic E-state index is 0.0250. The third-order valence-corrected chi connectivity index (χ3v) is 6.47. The van der Waals surface area contributed by atoms with Gasteiger partial charge >= 0.3 is 0 Å². The molecule has 1 aromatic carbocycles. The second-order valence-corrected chi connectivity index (χ2v) is 8.44. The first-order valence-corrected chi connectivity index (χ1v) is 10.7. The predicted molar refractivity (Wildman–Crippen MR) is 116 cm³/mol. The lowest BCUT2D eigenvalue weighted by Gasteiger charge is -2.32. The summed E-state index contributed by atoms with van der Waals surface area (Å²) in [4.78, 5) is 26.1. The maximum atomic E-state index is 13.3. The molecule has 1 amide bonds. The van der Waals surface area contributed by atoms with E-state index >= 15 is 0 Å². The van der Waals surface area contributed by atoms with Crippen LogP contribution < -0.4 is 0 Å². The molecule has 2 aliphatic heterocycles. The van der Waals surface area contributed by atoms with E-state index in [0.717, 1.165) is 50.3 Å². The first-order valence-electron chi connectivity index (χ1n) is 10.7. The molecule has 2 aromatic rings. The summed E-state index contributed by atoms with van der Waals surface area (Å²) in [7, 11) is 0. The molecular weight excluding hydrogens is 379 g/mol. The molecular formula is C24H29FN4O. The van der Waals surface area contributed by atoms with Crippen molar-refractivity contribution in [2.24, 2.45) is 4.99 Å². The number of amidine groups is 1. The van der Waals surface area contributed by atoms with Gasteiger partial charge < -0.3 is 4.90 Å². The van der Waals surface area contributed by atoms with Crippen molar-refractivity contribution in [3.05, 3.63) is 65.7 Å². The second-order valence-electron chi connectivity index (χ2n) is 8.44. The number of aliphatic imine (C=N–C) groups is 1. The first-order chi connectivity index (χ1) is 14.5. The van der Waals surface area contributed by atoms with Crippen LogP contribution in [0.5, 0.6) is 0 Å². The van der Waals surface area contributed by atoms with Gasteiger partial charge in [0, 0.05) is 18.9 Å². The Morgan fingerprint density at radius 1 is 1.07 bits per heavy atom. The van der Waals surface area contributed by atoms with Gasteiger partial charge in [0.2, 0.25) is 0 Å². The molecule has 1 fully saturated rings. The SMILES string of the molecule is CC1=NC(C)(c2ccc(F)cc2)C(=O)N1CCCN1CCC(c2ccncc2)CC1. The summed E-state index contributed by atoms with van der Waals surface area (Å²) in [6.07, 6.45) is 6.99. The van der Waals surface area contributed by atoms with Crippen LogP contribution in [-0.2, 0) is 10.3 Å². The summed E-state index contributed by atoms with van der Waals surface area (Å²) in [5, 5.41) is 0. The van der Waals surface area contributed by atoms with Gasteiger partial charge in [-0.2, -0.15) is 0 Å². The smallest absolute Gasteiger partial charge is 0.260 e. The van der Waals surface area contributed by atoms with Crippen molar-refractivity contribution in [2.45, 2.75) is 44.6 Å². The van der Waals surface area contributed by atoms with E-state index < -0.39 is 5.54 Å². The summed E-state index contributed by atoms with van der Waals surface area (Å²) in [5.74, 6) is 1.03. The van der Waals surface area contributed by atoms with Crippen molar-refractivity contribution in [3.8, 4) is 0 Å². The second kappa shape index (κ2) is 8.64. The zero-order valence-corrected chi connectivity index (χ0v) is 17.7. The van der Waals surface area contributed by atoms with Crippen molar-refractivity contribution in [1.29, 1.82) is 0 Å². The predicted octanol–water partition coefficient (Wildman–Crippen LogP) is 3.97. The summed E-state index contributed by atoms with van der Waals surface area (Å²) < 4.78 is 13.3. The minimum Gasteiger partial charge on any atom is -0.303 e. The van der Waals surface area contributed by atoms with Crippen LogP contribution >= 0.6 is 0 Å². The number of rotatable bonds is 6. The largest absolute Gasteiger partial charge is 0.303 e. The van der Waals surface area contributed by atoms with Crippen molar-refractivity contribution in [2.75, 3.05) is 26.2 Å². The number of likely N-dealkylation sites (tertiary alicyclic amines) is 1. The average Bonchev–Trinajstić information content (AvgIpc) is 2.99. The number of hydrogen-bond acceptors (Lipinski definition) is 4. The molecule has 3 heterocycles. The van der Waals surface area contributed by atoms with Crippen LogP contribution in [0.15, 0.2) is 53.8 Å². The molecule has 0 aliphatic carbocycles. The van der Waals surface area contributed by atoms with Crippen LogP contribution in [-0.4, -0.2) is 52.7 Å². The number of benzene rings is 1. The van der Waals surface area contributed by atoms with Gasteiger partial charge in [-0.15, -0.1) is 0 Å². The van der Waals surface area contributed by atoms with Gasteiger partial charge in [0.1, 0.15) is 11.7 Å². The van der Waals surface area contributed by atoms with Gasteiger partial charge in [-0.25, -0.2) is 4.39 Å². The first kappa shape index (κ1) is 20.7. The van der Waals surface area contributed by atoms with E-state index in [-0.39, 0.29) is 11.7 Å². The van der Waals surface area contributed by atoms with Gasteiger partial charge in [0.25, 0.3) is 5.91 Å². The number of aromatic nitrogens is 1. The van der Waals surface area contributed by atoms with E-state index in [4.69, 9.17) is 0 Å². The molecule has 2 aliphatic rings. The topological polar surface area (TPSA) is 48.8 Å². The van der Waals surface area contributed by atoms with Crippen LogP contribution in [0.1, 0.15) is 50.2 Å². The molecule has 0 N–H and O–H groups in total. The highest BCUT2D eigenvalue weighted by Crippen LogP contribution is 2.33. The Bertz CT molecular complexity index is 907. The zero-order chi connectivity index (χ0) is 21.1. The number of halogens is 1. The van der Waals surface area contributed by atoms with E-state index in [1.807, 2.05) is 26.2 Å². The summed E-state index contributed by atoms with van der Waals surface area (Å²) in [5.41, 5.74) is 1.16. The number of pyridine rings is 1. The molecule has 0 bridgehead atoms. The number of piperidine rings is 1. The standard InChI is InChI=1S/C24H29FN4O/c1-18-27-24(2,21-4-6-22(25)7-5-21)23(30)29(18)15-3-14-28-16-10-20(11-17-28)19-8-12-26-13-9-19/h4-9,12-13,20H,3,10-11,14-17H2,1-2H3. The Morgan fingerprint density at radius 3 is 2.40 bits per heavy atom. The Balaban J connectivity index is 1.28. The lowest BCUT2D eigenvalue weighted by atomic mass is 9.90. The van der Waals surface area contributed by atoms with Crippen molar-refractivity contribution >= 4 is 11.7 Å². The van der Waals surface area contributed by atoms with E-state index in [9.17, 15) is 9.18 Å². The Hall–Kier alpha value is -2.60. The lowest BCUT2D eigenvalue weighted by Crippen LogP contribution is -2.41. The average molecular weight is 409 g/mol. The lowest BCUT2D eigenvalue weighted by molar-refractivity contribution is -0.131. The van der Waals surface area contributed by atoms with Gasteiger partial charge in [-0.05, 0) is 94.1 Å². The highest BCUT2D eigenvalue weighted by molar-refractivity contribution is 6.07. The van der Waals surface area contributed by atoms with Crippen molar-refractivity contribution in [1.82, 2.24) is 14.8 Å². The van der Waals surface area contributed by atoms with E-state index in [1.54, 1.807) is 17.0 Å². The van der Waals surface area contributed by atoms with Gasteiger partial charge in [-0.3, -0.25) is 19.7 Å². The monoisotopic (exact) mass is 408 g/mol. The normalized spacial score (nSPS) is 23.1. The fourth-order valence-corrected chi connectivity index (χ4v) is 4.65. The number of carbonyl (C=O) groups excluding carboxylic acids is 1. The highest BCUT2D eigenvalue weighted by Gasteiger charge is 2.44. The maximum absolute atomic E-state index is 13.3. The summed E-state index contributed by atoms with van der Waals surface area (Å²) >= 11 is 0. The molecule has 6 heteroatoms. The molecule has 1 aromatic heterocycles. The van der Waals surface area contributed by atoms with Gasteiger partial charge in [-0.1, -0.05) is 12.1 Å². The zero-order valence-electron chi connectivity index (χ0n) is 17.7. The van der Waals surface area contributed by atoms with Crippen LogP contribution in [0, 0.1) is 5.82 Å². The molecule has 4 rings (SSSR count). The summed E-state index contributed by atoms with van der Waals surface area (Å²) in [6.45, 7) is 7.51. The number of nitrogens with zero attached hydrogens (tertiary/aromatic N) is 4. The molecule has 0 saturated carbocycles. The van der Waals surface area contributed by atoms with E-state index in [1.165, 1.54) is 17.7 Å². The Labute approximate surface area is 177 Å². The van der Waals surface area contributed by atoms with Crippen LogP contribution in [0.25, 0.3) is 0 Å². The molecule has 0 spiro atoms. The molecule has 5 nitrogen and oxygen atoms in total. The fraction of sp³-hybridized carbons (Fsp3) is 0.458. The van der Waals surface area contributed by atoms with Crippen molar-refractivity contribution < 1.29 is 9.18 Å². The van der Waals surface area contributed by atoms with Crippen LogP contribution in [0.4, 0.5) is 4.39 Å². The number of amides is 1. The Morgan fingerprint density at radius 2 is 1.73 bits per heavy atom. The molecule has 1 atom stereocenters. The fourth-order valence-electron chi connectivity index (χ4n) is 4.65. The van der Waals surface area contributed by atoms with Gasteiger partial charge in [0.05, 0.1) is 0 Å². The van der Waals surface area contributed by atoms with Gasteiger partial charge in [0.15, 0.2) is 5.54 Å². The molecule has 1 unspecified atom stereocenters. The maximum Gasteiger partial charge on any atom is 0.260 e. The van der Waals surface area contributed by atoms with Crippen LogP contribution in [0.2, 0.25) is 0 Å². The third-order valence-electron chi connectivity index (χ3n) is 6.47. The highest BCUT2D eigenvalue weighted by atomic mass is 19.1. The number of carbonyl (C=O) groups is 1. The van der Waals surface area contributed by atoms with E-state index in [2.05, 4.69) is 27.0 Å². The summed E-state index contributed by atoms with van der Waals surface area (Å²) in [6, 6.07) is 10.3. The molecule has 1 saturated heterocycles. The minimum atomic E-state index is -0.958. The van der Waals surface area contributed by atoms with Crippen LogP contribution in [0.3, 0.4) is 0 Å². The Kier molecular flexibility index (Phi) is 5.95.